The molecule has 1 aliphatic rings. The molecule has 0 bridgehead atoms. The molecule has 3 heterocycles. The standard InChI is InChI=1S/C29H36N6O3/c1-6-23-29(37)34(4)25-18-31-27(15-24(25)35(23)13-11-19(2)3)33-22-10-9-21(14-26(22)38-5)28(36)32-17-20-8-7-12-30-16-20/h7-10,12,14-16,18-19,23H,6,11,13,17H2,1-5H3,(H,31,33)(H,32,36). The van der Waals surface area contributed by atoms with Crippen molar-refractivity contribution in [3.05, 3.63) is 66.1 Å². The van der Waals surface area contributed by atoms with Gasteiger partial charge in [0, 0.05) is 44.2 Å². The van der Waals surface area contributed by atoms with Gasteiger partial charge in [-0.1, -0.05) is 26.8 Å². The Morgan fingerprint density at radius 2 is 1.97 bits per heavy atom. The van der Waals surface area contributed by atoms with E-state index in [0.717, 1.165) is 36.3 Å². The molecule has 9 nitrogen and oxygen atoms in total. The lowest BCUT2D eigenvalue weighted by atomic mass is 10.0. The van der Waals surface area contributed by atoms with Crippen molar-refractivity contribution in [2.45, 2.75) is 46.2 Å². The summed E-state index contributed by atoms with van der Waals surface area (Å²) in [5.74, 6) is 1.56. The van der Waals surface area contributed by atoms with Crippen molar-refractivity contribution in [2.24, 2.45) is 5.92 Å². The second kappa shape index (κ2) is 11.9. The smallest absolute Gasteiger partial charge is 0.251 e. The van der Waals surface area contributed by atoms with Gasteiger partial charge in [0.25, 0.3) is 5.91 Å². The molecule has 3 aromatic rings. The molecule has 0 saturated heterocycles. The second-order valence-electron chi connectivity index (χ2n) is 9.84. The highest BCUT2D eigenvalue weighted by Gasteiger charge is 2.35. The maximum absolute atomic E-state index is 13.0. The first-order valence-electron chi connectivity index (χ1n) is 13.0. The topological polar surface area (TPSA) is 99.7 Å². The molecule has 1 aromatic carbocycles. The molecule has 2 amide bonds. The van der Waals surface area contributed by atoms with Gasteiger partial charge in [-0.15, -0.1) is 0 Å². The van der Waals surface area contributed by atoms with Crippen LogP contribution in [0.2, 0.25) is 0 Å². The number of fused-ring (bicyclic) bond motifs is 1. The largest absolute Gasteiger partial charge is 0.495 e. The first kappa shape index (κ1) is 26.9. The summed E-state index contributed by atoms with van der Waals surface area (Å²) in [5.41, 5.74) is 3.86. The molecule has 0 spiro atoms. The third kappa shape index (κ3) is 5.88. The lowest BCUT2D eigenvalue weighted by molar-refractivity contribution is -0.120. The van der Waals surface area contributed by atoms with E-state index in [1.54, 1.807) is 55.8 Å². The lowest BCUT2D eigenvalue weighted by Gasteiger charge is -2.41. The van der Waals surface area contributed by atoms with E-state index in [4.69, 9.17) is 4.74 Å². The van der Waals surface area contributed by atoms with Crippen molar-refractivity contribution in [3.8, 4) is 5.75 Å². The van der Waals surface area contributed by atoms with Crippen molar-refractivity contribution >= 4 is 34.7 Å². The number of hydrogen-bond acceptors (Lipinski definition) is 7. The zero-order chi connectivity index (χ0) is 27.2. The van der Waals surface area contributed by atoms with Crippen molar-refractivity contribution in [3.63, 3.8) is 0 Å². The van der Waals surface area contributed by atoms with Crippen LogP contribution in [0.5, 0.6) is 5.75 Å². The van der Waals surface area contributed by atoms with Crippen LogP contribution in [0.1, 0.15) is 49.5 Å². The fraction of sp³-hybridized carbons (Fsp3) is 0.379. The minimum absolute atomic E-state index is 0.0883. The number of rotatable bonds is 10. The second-order valence-corrected chi connectivity index (χ2v) is 9.84. The van der Waals surface area contributed by atoms with Gasteiger partial charge in [0.1, 0.15) is 17.6 Å². The highest BCUT2D eigenvalue weighted by molar-refractivity contribution is 6.05. The molecule has 200 valence electrons. The summed E-state index contributed by atoms with van der Waals surface area (Å²) >= 11 is 0. The van der Waals surface area contributed by atoms with Gasteiger partial charge in [-0.25, -0.2) is 4.98 Å². The van der Waals surface area contributed by atoms with E-state index >= 15 is 0 Å². The van der Waals surface area contributed by atoms with E-state index in [2.05, 4.69) is 39.3 Å². The van der Waals surface area contributed by atoms with Crippen LogP contribution in [0.4, 0.5) is 22.9 Å². The van der Waals surface area contributed by atoms with Crippen molar-refractivity contribution in [1.29, 1.82) is 0 Å². The number of anilines is 4. The number of hydrogen-bond donors (Lipinski definition) is 2. The molecule has 38 heavy (non-hydrogen) atoms. The Balaban J connectivity index is 1.56. The molecule has 1 atom stereocenters. The fourth-order valence-corrected chi connectivity index (χ4v) is 4.57. The molecule has 1 unspecified atom stereocenters. The number of carbonyl (C=O) groups is 2. The van der Waals surface area contributed by atoms with Gasteiger partial charge in [0.2, 0.25) is 5.91 Å². The van der Waals surface area contributed by atoms with Crippen LogP contribution in [0.15, 0.2) is 55.0 Å². The highest BCUT2D eigenvalue weighted by atomic mass is 16.5. The number of amides is 2. The summed E-state index contributed by atoms with van der Waals surface area (Å²) in [5, 5.41) is 6.24. The van der Waals surface area contributed by atoms with Crippen LogP contribution >= 0.6 is 0 Å². The molecule has 9 heteroatoms. The van der Waals surface area contributed by atoms with Gasteiger partial charge >= 0.3 is 0 Å². The number of likely N-dealkylation sites (N-methyl/N-ethyl adjacent to an activating group) is 1. The number of aromatic nitrogens is 2. The predicted molar refractivity (Wildman–Crippen MR) is 150 cm³/mol. The number of nitrogens with one attached hydrogen (secondary N) is 2. The van der Waals surface area contributed by atoms with Crippen molar-refractivity contribution < 1.29 is 14.3 Å². The van der Waals surface area contributed by atoms with Crippen LogP contribution in [0.25, 0.3) is 0 Å². The Kier molecular flexibility index (Phi) is 8.45. The molecule has 2 aromatic heterocycles. The van der Waals surface area contributed by atoms with Gasteiger partial charge in [0.15, 0.2) is 0 Å². The Bertz CT molecular complexity index is 1280. The minimum atomic E-state index is -0.208. The van der Waals surface area contributed by atoms with Crippen LogP contribution in [0.3, 0.4) is 0 Å². The van der Waals surface area contributed by atoms with Gasteiger partial charge in [-0.05, 0) is 48.6 Å². The predicted octanol–water partition coefficient (Wildman–Crippen LogP) is 4.77. The van der Waals surface area contributed by atoms with Crippen LogP contribution < -0.4 is 25.2 Å². The minimum Gasteiger partial charge on any atom is -0.495 e. The van der Waals surface area contributed by atoms with E-state index in [-0.39, 0.29) is 17.9 Å². The molecule has 4 rings (SSSR count). The summed E-state index contributed by atoms with van der Waals surface area (Å²) in [7, 11) is 3.37. The maximum Gasteiger partial charge on any atom is 0.251 e. The number of methoxy groups -OCH3 is 1. The normalized spacial score (nSPS) is 14.9. The Hall–Kier alpha value is -4.14. The van der Waals surface area contributed by atoms with Crippen molar-refractivity contribution in [2.75, 3.05) is 35.8 Å². The first-order chi connectivity index (χ1) is 18.3. The van der Waals surface area contributed by atoms with Crippen LogP contribution in [-0.4, -0.2) is 48.5 Å². The quantitative estimate of drug-likeness (QED) is 0.401. The summed E-state index contributed by atoms with van der Waals surface area (Å²) in [4.78, 5) is 38.3. The van der Waals surface area contributed by atoms with E-state index in [1.807, 2.05) is 25.1 Å². The summed E-state index contributed by atoms with van der Waals surface area (Å²) in [6.45, 7) is 7.60. The van der Waals surface area contributed by atoms with Gasteiger partial charge < -0.3 is 25.2 Å². The maximum atomic E-state index is 13.0. The molecular formula is C29H36N6O3. The van der Waals surface area contributed by atoms with E-state index in [1.165, 1.54) is 0 Å². The number of carbonyl (C=O) groups excluding carboxylic acids is 2. The molecule has 0 aliphatic carbocycles. The SMILES string of the molecule is CCC1C(=O)N(C)c2cnc(Nc3ccc(C(=O)NCc4cccnc4)cc3OC)cc2N1CCC(C)C. The Morgan fingerprint density at radius 3 is 2.66 bits per heavy atom. The zero-order valence-electron chi connectivity index (χ0n) is 22.7. The summed E-state index contributed by atoms with van der Waals surface area (Å²) in [6, 6.07) is 10.8. The molecule has 0 radical (unpaired) electrons. The number of benzene rings is 1. The lowest BCUT2D eigenvalue weighted by Crippen LogP contribution is -2.52. The summed E-state index contributed by atoms with van der Waals surface area (Å²) < 4.78 is 5.59. The number of pyridine rings is 2. The summed E-state index contributed by atoms with van der Waals surface area (Å²) in [6.07, 6.45) is 6.86. The monoisotopic (exact) mass is 516 g/mol. The highest BCUT2D eigenvalue weighted by Crippen LogP contribution is 2.38. The Labute approximate surface area is 224 Å². The van der Waals surface area contributed by atoms with E-state index in [9.17, 15) is 9.59 Å². The van der Waals surface area contributed by atoms with E-state index < -0.39 is 0 Å². The zero-order valence-corrected chi connectivity index (χ0v) is 22.7. The van der Waals surface area contributed by atoms with Crippen molar-refractivity contribution in [1.82, 2.24) is 15.3 Å². The van der Waals surface area contributed by atoms with E-state index in [0.29, 0.717) is 35.3 Å². The third-order valence-electron chi connectivity index (χ3n) is 6.76. The third-order valence-corrected chi connectivity index (χ3v) is 6.76. The Morgan fingerprint density at radius 1 is 1.16 bits per heavy atom. The number of ether oxygens (including phenoxy) is 1. The van der Waals surface area contributed by atoms with Crippen LogP contribution in [0, 0.1) is 5.92 Å². The average molecular weight is 517 g/mol. The fourth-order valence-electron chi connectivity index (χ4n) is 4.57. The van der Waals surface area contributed by atoms with Gasteiger partial charge in [0.05, 0.1) is 30.4 Å². The molecule has 1 aliphatic heterocycles. The molecule has 0 saturated carbocycles. The number of nitrogens with zero attached hydrogens (tertiary/aromatic N) is 4. The molecule has 2 N–H and O–H groups in total. The van der Waals surface area contributed by atoms with Crippen LogP contribution in [-0.2, 0) is 11.3 Å². The average Bonchev–Trinajstić information content (AvgIpc) is 2.93. The first-order valence-corrected chi connectivity index (χ1v) is 13.0. The molecular weight excluding hydrogens is 480 g/mol. The molecule has 0 fully saturated rings. The van der Waals surface area contributed by atoms with Gasteiger partial charge in [-0.3, -0.25) is 14.6 Å². The van der Waals surface area contributed by atoms with Gasteiger partial charge in [-0.2, -0.15) is 0 Å².